The van der Waals surface area contributed by atoms with Crippen LogP contribution in [0.3, 0.4) is 0 Å². The lowest BCUT2D eigenvalue weighted by Gasteiger charge is -2.32. The molecule has 6 heteroatoms. The first-order chi connectivity index (χ1) is 9.51. The molecule has 0 saturated carbocycles. The Morgan fingerprint density at radius 1 is 1.65 bits per heavy atom. The van der Waals surface area contributed by atoms with Gasteiger partial charge in [-0.1, -0.05) is 12.6 Å². The maximum absolute atomic E-state index is 12.3. The van der Waals surface area contributed by atoms with Crippen LogP contribution in [-0.4, -0.2) is 40.8 Å². The first kappa shape index (κ1) is 14.0. The topological polar surface area (TPSA) is 74.3 Å². The summed E-state index contributed by atoms with van der Waals surface area (Å²) in [6, 6.07) is 3.67. The molecule has 0 aliphatic carbocycles. The summed E-state index contributed by atoms with van der Waals surface area (Å²) in [5.74, 6) is -0.351. The largest absolute Gasteiger partial charge is 0.377 e. The fourth-order valence-corrected chi connectivity index (χ4v) is 2.38. The van der Waals surface area contributed by atoms with Gasteiger partial charge in [0.15, 0.2) is 0 Å². The molecular weight excluding hydrogens is 256 g/mol. The van der Waals surface area contributed by atoms with E-state index in [9.17, 15) is 9.59 Å². The van der Waals surface area contributed by atoms with Gasteiger partial charge in [-0.25, -0.2) is 0 Å². The van der Waals surface area contributed by atoms with Crippen LogP contribution in [0.2, 0.25) is 0 Å². The van der Waals surface area contributed by atoms with Gasteiger partial charge in [-0.3, -0.25) is 14.6 Å². The summed E-state index contributed by atoms with van der Waals surface area (Å²) >= 11 is 0. The number of carbonyl (C=O) groups is 2. The first-order valence-corrected chi connectivity index (χ1v) is 6.36. The number of rotatable bonds is 5. The molecular formula is C14H18N4O2. The Bertz CT molecular complexity index is 558. The van der Waals surface area contributed by atoms with Crippen LogP contribution < -0.4 is 10.6 Å². The molecule has 0 spiro atoms. The average molecular weight is 274 g/mol. The molecule has 6 nitrogen and oxygen atoms in total. The van der Waals surface area contributed by atoms with Crippen molar-refractivity contribution in [2.24, 2.45) is 0 Å². The number of hydrogen-bond acceptors (Lipinski definition) is 4. The number of aromatic nitrogens is 1. The maximum atomic E-state index is 12.3. The Morgan fingerprint density at radius 3 is 3.00 bits per heavy atom. The van der Waals surface area contributed by atoms with E-state index in [0.29, 0.717) is 12.2 Å². The maximum Gasteiger partial charge on any atom is 0.273 e. The van der Waals surface area contributed by atoms with E-state index in [1.54, 1.807) is 31.1 Å². The van der Waals surface area contributed by atoms with E-state index in [1.165, 1.54) is 6.20 Å². The number of fused-ring (bicyclic) bond motifs is 1. The number of nitrogens with zero attached hydrogens (tertiary/aromatic N) is 2. The van der Waals surface area contributed by atoms with Crippen molar-refractivity contribution < 1.29 is 9.59 Å². The lowest BCUT2D eigenvalue weighted by Crippen LogP contribution is -2.58. The lowest BCUT2D eigenvalue weighted by molar-refractivity contribution is -0.126. The summed E-state index contributed by atoms with van der Waals surface area (Å²) < 4.78 is 0. The number of pyridine rings is 1. The van der Waals surface area contributed by atoms with Crippen LogP contribution in [0.15, 0.2) is 31.1 Å². The van der Waals surface area contributed by atoms with Crippen molar-refractivity contribution in [1.29, 1.82) is 0 Å². The van der Waals surface area contributed by atoms with Gasteiger partial charge in [-0.15, -0.1) is 0 Å². The van der Waals surface area contributed by atoms with Crippen LogP contribution in [0.1, 0.15) is 23.0 Å². The molecule has 106 valence electrons. The highest BCUT2D eigenvalue weighted by Gasteiger charge is 2.38. The second-order valence-corrected chi connectivity index (χ2v) is 4.93. The monoisotopic (exact) mass is 274 g/mol. The van der Waals surface area contributed by atoms with Crippen molar-refractivity contribution in [2.75, 3.05) is 13.6 Å². The Hall–Kier alpha value is -2.37. The highest BCUT2D eigenvalue weighted by molar-refractivity contribution is 5.97. The number of nitrogens with one attached hydrogen (secondary N) is 2. The number of amides is 2. The smallest absolute Gasteiger partial charge is 0.273 e. The number of hydrogen-bond donors (Lipinski definition) is 2. The van der Waals surface area contributed by atoms with Gasteiger partial charge < -0.3 is 15.5 Å². The van der Waals surface area contributed by atoms with E-state index in [1.807, 2.05) is 6.07 Å². The van der Waals surface area contributed by atoms with Crippen LogP contribution in [0.25, 0.3) is 0 Å². The summed E-state index contributed by atoms with van der Waals surface area (Å²) in [7, 11) is 1.56. The van der Waals surface area contributed by atoms with Crippen molar-refractivity contribution in [3.05, 3.63) is 42.4 Å². The molecule has 0 bridgehead atoms. The van der Waals surface area contributed by atoms with E-state index in [-0.39, 0.29) is 18.4 Å². The molecule has 2 heterocycles. The van der Waals surface area contributed by atoms with E-state index in [4.69, 9.17) is 0 Å². The molecule has 1 atom stereocenters. The zero-order valence-electron chi connectivity index (χ0n) is 11.6. The third-order valence-electron chi connectivity index (χ3n) is 3.40. The summed E-state index contributed by atoms with van der Waals surface area (Å²) in [4.78, 5) is 30.0. The minimum atomic E-state index is -0.922. The predicted molar refractivity (Wildman–Crippen MR) is 74.8 cm³/mol. The third-order valence-corrected chi connectivity index (χ3v) is 3.40. The van der Waals surface area contributed by atoms with E-state index in [0.717, 1.165) is 5.56 Å². The van der Waals surface area contributed by atoms with Gasteiger partial charge in [0.25, 0.3) is 5.91 Å². The van der Waals surface area contributed by atoms with E-state index < -0.39 is 5.54 Å². The first-order valence-electron chi connectivity index (χ1n) is 6.36. The molecule has 0 radical (unpaired) electrons. The molecule has 1 unspecified atom stereocenters. The molecule has 1 aliphatic rings. The van der Waals surface area contributed by atoms with Crippen LogP contribution in [-0.2, 0) is 11.3 Å². The molecule has 1 aromatic rings. The predicted octanol–water partition coefficient (Wildman–Crippen LogP) is 0.275. The van der Waals surface area contributed by atoms with Gasteiger partial charge in [0, 0.05) is 25.4 Å². The van der Waals surface area contributed by atoms with Crippen LogP contribution in [0.4, 0.5) is 0 Å². The number of likely N-dealkylation sites (N-methyl/N-ethyl adjacent to an activating group) is 1. The minimum Gasteiger partial charge on any atom is -0.377 e. The van der Waals surface area contributed by atoms with E-state index >= 15 is 0 Å². The Morgan fingerprint density at radius 2 is 2.40 bits per heavy atom. The van der Waals surface area contributed by atoms with Gasteiger partial charge in [0.2, 0.25) is 5.91 Å². The third kappa shape index (κ3) is 2.36. The highest BCUT2D eigenvalue weighted by atomic mass is 16.2. The molecule has 2 amide bonds. The summed E-state index contributed by atoms with van der Waals surface area (Å²) in [5, 5.41) is 5.52. The highest BCUT2D eigenvalue weighted by Crippen LogP contribution is 2.22. The average Bonchev–Trinajstić information content (AvgIpc) is 2.75. The number of carbonyl (C=O) groups excluding carboxylic acids is 2. The van der Waals surface area contributed by atoms with Crippen molar-refractivity contribution in [1.82, 2.24) is 20.5 Å². The normalized spacial score (nSPS) is 16.3. The molecule has 1 aliphatic heterocycles. The molecule has 1 aromatic heterocycles. The molecule has 0 saturated heterocycles. The van der Waals surface area contributed by atoms with Gasteiger partial charge in [-0.2, -0.15) is 0 Å². The Labute approximate surface area is 117 Å². The molecule has 0 aromatic carbocycles. The minimum absolute atomic E-state index is 0.151. The van der Waals surface area contributed by atoms with Crippen molar-refractivity contribution in [2.45, 2.75) is 19.0 Å². The van der Waals surface area contributed by atoms with Gasteiger partial charge in [0.05, 0.1) is 6.54 Å². The van der Waals surface area contributed by atoms with Crippen molar-refractivity contribution in [3.63, 3.8) is 0 Å². The lowest BCUT2D eigenvalue weighted by atomic mass is 10.0. The fourth-order valence-electron chi connectivity index (χ4n) is 2.38. The van der Waals surface area contributed by atoms with Crippen LogP contribution in [0.5, 0.6) is 0 Å². The van der Waals surface area contributed by atoms with Crippen LogP contribution in [0, 0.1) is 0 Å². The van der Waals surface area contributed by atoms with Gasteiger partial charge in [-0.05, 0) is 19.2 Å². The Balaban J connectivity index is 2.20. The van der Waals surface area contributed by atoms with Crippen LogP contribution >= 0.6 is 0 Å². The molecule has 0 fully saturated rings. The standard InChI is InChI=1S/C14H18N4O2/c1-4-17-14(2,13(20)15-3)9-18-8-10-6-5-7-16-11(10)12(18)19/h4-7,17H,1,8-9H2,2-3H3,(H,15,20). The summed E-state index contributed by atoms with van der Waals surface area (Å²) in [6.07, 6.45) is 3.06. The Kier molecular flexibility index (Phi) is 3.74. The SMILES string of the molecule is C=CNC(C)(CN1Cc2cccnc2C1=O)C(=O)NC. The van der Waals surface area contributed by atoms with Crippen molar-refractivity contribution >= 4 is 11.8 Å². The fraction of sp³-hybridized carbons (Fsp3) is 0.357. The van der Waals surface area contributed by atoms with Gasteiger partial charge in [0.1, 0.15) is 11.2 Å². The molecule has 2 N–H and O–H groups in total. The second-order valence-electron chi connectivity index (χ2n) is 4.93. The van der Waals surface area contributed by atoms with E-state index in [2.05, 4.69) is 22.2 Å². The zero-order chi connectivity index (χ0) is 14.8. The quantitative estimate of drug-likeness (QED) is 0.808. The molecule has 20 heavy (non-hydrogen) atoms. The zero-order valence-corrected chi connectivity index (χ0v) is 11.6. The molecule has 2 rings (SSSR count). The van der Waals surface area contributed by atoms with Gasteiger partial charge >= 0.3 is 0 Å². The second kappa shape index (κ2) is 5.32. The summed E-state index contributed by atoms with van der Waals surface area (Å²) in [6.45, 7) is 6.03. The van der Waals surface area contributed by atoms with Crippen molar-refractivity contribution in [3.8, 4) is 0 Å². The summed E-state index contributed by atoms with van der Waals surface area (Å²) in [5.41, 5.74) is 0.425.